The number of aliphatic hydroxyl groups excluding tert-OH is 2. The van der Waals surface area contributed by atoms with Gasteiger partial charge in [0.2, 0.25) is 5.91 Å². The predicted octanol–water partition coefficient (Wildman–Crippen LogP) is 4.20. The first-order valence-corrected chi connectivity index (χ1v) is 18.0. The number of carbonyl (C=O) groups excluding carboxylic acids is 3. The second-order valence-corrected chi connectivity index (χ2v) is 16.5. The summed E-state index contributed by atoms with van der Waals surface area (Å²) in [5, 5.41) is 27.5. The van der Waals surface area contributed by atoms with Crippen LogP contribution < -0.4 is 10.6 Å². The summed E-state index contributed by atoms with van der Waals surface area (Å²) in [7, 11) is 0. The summed E-state index contributed by atoms with van der Waals surface area (Å²) in [5.74, 6) is 2.91. The molecular weight excluding hydrogens is 562 g/mol. The first-order valence-electron chi connectivity index (χ1n) is 17.0. The van der Waals surface area contributed by atoms with Crippen molar-refractivity contribution in [2.75, 3.05) is 12.3 Å². The zero-order valence-corrected chi connectivity index (χ0v) is 27.5. The van der Waals surface area contributed by atoms with E-state index in [1.807, 2.05) is 13.8 Å². The molecule has 6 aliphatic rings. The number of rotatable bonds is 7. The molecule has 5 fully saturated rings. The molecule has 3 unspecified atom stereocenters. The maximum absolute atomic E-state index is 13.1. The number of carbonyl (C=O) groups is 3. The van der Waals surface area contributed by atoms with Crippen LogP contribution in [-0.2, 0) is 14.4 Å². The van der Waals surface area contributed by atoms with Crippen molar-refractivity contribution in [1.82, 2.24) is 15.5 Å². The van der Waals surface area contributed by atoms with Crippen LogP contribution in [0.1, 0.15) is 98.8 Å². The lowest BCUT2D eigenvalue weighted by atomic mass is 9.43. The Balaban J connectivity index is 1.05. The first kappa shape index (κ1) is 31.4. The molecule has 0 aromatic heterocycles. The second-order valence-electron chi connectivity index (χ2n) is 15.4. The van der Waals surface area contributed by atoms with Crippen LogP contribution in [0.2, 0.25) is 0 Å². The minimum absolute atomic E-state index is 0.0825. The monoisotopic (exact) mass is 615 g/mol. The van der Waals surface area contributed by atoms with Crippen LogP contribution in [0.4, 0.5) is 0 Å². The van der Waals surface area contributed by atoms with Gasteiger partial charge < -0.3 is 20.8 Å². The SMILES string of the molecule is CCNC(=O)C1=C(C)CSC2C(NC(=O)CC[C@@H](C)[C@H]3CC[C@H]4[C@@H]5C(O)C[C@@H]6C[C@H](O)CC[C@]6(C)[C@H]5CC[C@]34C)C(=O)N12. The topological polar surface area (TPSA) is 119 Å². The molecule has 4 aliphatic carbocycles. The highest BCUT2D eigenvalue weighted by Crippen LogP contribution is 2.68. The minimum atomic E-state index is -0.576. The number of hydrogen-bond acceptors (Lipinski definition) is 6. The lowest BCUT2D eigenvalue weighted by molar-refractivity contribution is -0.174. The third kappa shape index (κ3) is 5.08. The van der Waals surface area contributed by atoms with Gasteiger partial charge >= 0.3 is 0 Å². The van der Waals surface area contributed by atoms with Crippen LogP contribution in [0.5, 0.6) is 0 Å². The summed E-state index contributed by atoms with van der Waals surface area (Å²) in [6.45, 7) is 11.5. The molecule has 2 aliphatic heterocycles. The molecule has 43 heavy (non-hydrogen) atoms. The molecule has 4 N–H and O–H groups in total. The van der Waals surface area contributed by atoms with Gasteiger partial charge in [-0.1, -0.05) is 20.8 Å². The van der Waals surface area contributed by atoms with Crippen LogP contribution in [0.15, 0.2) is 11.3 Å². The fourth-order valence-corrected chi connectivity index (χ4v) is 12.3. The molecule has 1 saturated heterocycles. The summed E-state index contributed by atoms with van der Waals surface area (Å²) in [6.07, 6.45) is 9.01. The summed E-state index contributed by atoms with van der Waals surface area (Å²) in [6, 6.07) is -0.576. The van der Waals surface area contributed by atoms with E-state index in [1.54, 1.807) is 16.7 Å². The fraction of sp³-hybridized carbons (Fsp3) is 0.853. The van der Waals surface area contributed by atoms with Gasteiger partial charge in [-0.25, -0.2) is 0 Å². The molecule has 4 saturated carbocycles. The van der Waals surface area contributed by atoms with Crippen molar-refractivity contribution in [2.24, 2.45) is 46.3 Å². The van der Waals surface area contributed by atoms with E-state index in [0.717, 1.165) is 56.9 Å². The predicted molar refractivity (Wildman–Crippen MR) is 167 cm³/mol. The Morgan fingerprint density at radius 2 is 1.79 bits per heavy atom. The van der Waals surface area contributed by atoms with E-state index in [-0.39, 0.29) is 46.1 Å². The van der Waals surface area contributed by atoms with Crippen molar-refractivity contribution in [1.29, 1.82) is 0 Å². The van der Waals surface area contributed by atoms with E-state index in [9.17, 15) is 24.6 Å². The standard InChI is InChI=1S/C34H53N3O5S/c1-6-35-30(41)29-19(3)17-43-32-28(31(42)37(29)32)36-26(40)10-7-18(2)22-8-9-23-27-24(12-14-34(22,23)5)33(4)13-11-21(38)15-20(33)16-25(27)39/h18,20-25,27-28,32,38-39H,6-17H2,1-5H3,(H,35,41)(H,36,40)/t18-,20+,21-,22-,23+,24+,25?,27+,28?,32?,33+,34-/m1/s1. The van der Waals surface area contributed by atoms with E-state index in [2.05, 4.69) is 31.4 Å². The first-order chi connectivity index (χ1) is 20.4. The lowest BCUT2D eigenvalue weighted by Gasteiger charge is -2.62. The van der Waals surface area contributed by atoms with Crippen LogP contribution >= 0.6 is 11.8 Å². The third-order valence-corrected chi connectivity index (χ3v) is 14.7. The Kier molecular flexibility index (Phi) is 8.51. The molecule has 0 aromatic rings. The van der Waals surface area contributed by atoms with Crippen molar-refractivity contribution in [3.8, 4) is 0 Å². The van der Waals surface area contributed by atoms with Crippen LogP contribution in [0, 0.1) is 46.3 Å². The lowest BCUT2D eigenvalue weighted by Crippen LogP contribution is -2.70. The fourth-order valence-electron chi connectivity index (χ4n) is 11.0. The smallest absolute Gasteiger partial charge is 0.268 e. The average molecular weight is 616 g/mol. The van der Waals surface area contributed by atoms with Crippen molar-refractivity contribution in [3.05, 3.63) is 11.3 Å². The van der Waals surface area contributed by atoms with Crippen molar-refractivity contribution < 1.29 is 24.6 Å². The number of likely N-dealkylation sites (N-methyl/N-ethyl adjacent to an activating group) is 1. The Morgan fingerprint density at radius 1 is 1.07 bits per heavy atom. The Labute approximate surface area is 261 Å². The Hall–Kier alpha value is -1.58. The van der Waals surface area contributed by atoms with E-state index < -0.39 is 6.04 Å². The van der Waals surface area contributed by atoms with E-state index >= 15 is 0 Å². The highest BCUT2D eigenvalue weighted by Gasteiger charge is 2.63. The van der Waals surface area contributed by atoms with Gasteiger partial charge in [-0.05, 0) is 124 Å². The number of hydrogen-bond donors (Lipinski definition) is 4. The maximum Gasteiger partial charge on any atom is 0.268 e. The molecule has 8 nitrogen and oxygen atoms in total. The summed E-state index contributed by atoms with van der Waals surface area (Å²) < 4.78 is 0. The Bertz CT molecular complexity index is 1180. The van der Waals surface area contributed by atoms with Crippen molar-refractivity contribution >= 4 is 29.5 Å². The third-order valence-electron chi connectivity index (χ3n) is 13.3. The van der Waals surface area contributed by atoms with Gasteiger partial charge in [0.15, 0.2) is 0 Å². The van der Waals surface area contributed by atoms with E-state index in [1.165, 1.54) is 6.42 Å². The van der Waals surface area contributed by atoms with Gasteiger partial charge in [-0.2, -0.15) is 0 Å². The molecule has 0 spiro atoms. The molecule has 240 valence electrons. The highest BCUT2D eigenvalue weighted by atomic mass is 32.2. The van der Waals surface area contributed by atoms with Crippen LogP contribution in [0.25, 0.3) is 0 Å². The highest BCUT2D eigenvalue weighted by molar-refractivity contribution is 8.00. The molecule has 9 heteroatoms. The molecule has 0 radical (unpaired) electrons. The molecular formula is C34H53N3O5S. The molecule has 2 heterocycles. The van der Waals surface area contributed by atoms with Gasteiger partial charge in [-0.15, -0.1) is 11.8 Å². The summed E-state index contributed by atoms with van der Waals surface area (Å²) >= 11 is 1.61. The van der Waals surface area contributed by atoms with Crippen molar-refractivity contribution in [2.45, 2.75) is 122 Å². The van der Waals surface area contributed by atoms with E-state index in [4.69, 9.17) is 0 Å². The normalized spacial score (nSPS) is 44.4. The number of aliphatic hydroxyl groups is 2. The largest absolute Gasteiger partial charge is 0.393 e. The number of fused-ring (bicyclic) bond motifs is 6. The number of nitrogens with one attached hydrogen (secondary N) is 2. The zero-order valence-electron chi connectivity index (χ0n) is 26.7. The van der Waals surface area contributed by atoms with Gasteiger partial charge in [0.1, 0.15) is 17.1 Å². The number of amides is 3. The Morgan fingerprint density at radius 3 is 2.53 bits per heavy atom. The summed E-state index contributed by atoms with van der Waals surface area (Å²) in [4.78, 5) is 40.4. The van der Waals surface area contributed by atoms with Gasteiger partial charge in [0.05, 0.1) is 12.2 Å². The van der Waals surface area contributed by atoms with Crippen LogP contribution in [0.3, 0.4) is 0 Å². The van der Waals surface area contributed by atoms with Crippen LogP contribution in [-0.4, -0.2) is 68.8 Å². The molecule has 6 rings (SSSR count). The summed E-state index contributed by atoms with van der Waals surface area (Å²) in [5.41, 5.74) is 1.75. The van der Waals surface area contributed by atoms with Gasteiger partial charge in [0.25, 0.3) is 11.8 Å². The van der Waals surface area contributed by atoms with E-state index in [0.29, 0.717) is 59.9 Å². The second kappa shape index (κ2) is 11.7. The number of nitrogens with zero attached hydrogens (tertiary/aromatic N) is 1. The maximum atomic E-state index is 13.1. The van der Waals surface area contributed by atoms with Gasteiger partial charge in [0, 0.05) is 18.7 Å². The van der Waals surface area contributed by atoms with Crippen molar-refractivity contribution in [3.63, 3.8) is 0 Å². The number of β-lactam (4-membered cyclic amide) rings is 1. The van der Waals surface area contributed by atoms with Gasteiger partial charge in [-0.3, -0.25) is 19.3 Å². The molecule has 12 atom stereocenters. The average Bonchev–Trinajstić information content (AvgIpc) is 3.32. The quantitative estimate of drug-likeness (QED) is 0.319. The minimum Gasteiger partial charge on any atom is -0.393 e. The number of thioether (sulfide) groups is 1. The molecule has 0 bridgehead atoms. The molecule has 3 amide bonds. The zero-order chi connectivity index (χ0) is 30.8. The molecule has 0 aromatic carbocycles.